The number of rotatable bonds is 5. The van der Waals surface area contributed by atoms with Crippen molar-refractivity contribution in [3.05, 3.63) is 29.8 Å². The second-order valence-corrected chi connectivity index (χ2v) is 6.93. The highest BCUT2D eigenvalue weighted by Crippen LogP contribution is 2.15. The second-order valence-electron chi connectivity index (χ2n) is 5.37. The van der Waals surface area contributed by atoms with Crippen molar-refractivity contribution in [1.82, 2.24) is 10.6 Å². The largest absolute Gasteiger partial charge is 0.352 e. The van der Waals surface area contributed by atoms with Gasteiger partial charge >= 0.3 is 0 Å². The molecule has 0 spiro atoms. The standard InChI is InChI=1S/C14H21N3O3S.ClH/c15-21(19,20)13-3-1-2-12(8-13)10-17-14(18)9-11-4-6-16-7-5-11;/h1-3,8,11,16H,4-7,9-10H2,(H,17,18)(H2,15,19,20);1H. The Morgan fingerprint density at radius 1 is 1.32 bits per heavy atom. The molecule has 1 aliphatic heterocycles. The zero-order chi connectivity index (χ0) is 15.3. The summed E-state index contributed by atoms with van der Waals surface area (Å²) in [6.45, 7) is 2.25. The second kappa shape index (κ2) is 8.47. The number of primary sulfonamides is 1. The highest BCUT2D eigenvalue weighted by atomic mass is 35.5. The molecule has 1 aliphatic rings. The number of piperidine rings is 1. The average Bonchev–Trinajstić information content (AvgIpc) is 2.46. The predicted molar refractivity (Wildman–Crippen MR) is 87.1 cm³/mol. The van der Waals surface area contributed by atoms with Crippen LogP contribution < -0.4 is 15.8 Å². The molecule has 0 aliphatic carbocycles. The summed E-state index contributed by atoms with van der Waals surface area (Å²) in [4.78, 5) is 12.0. The minimum absolute atomic E-state index is 0. The van der Waals surface area contributed by atoms with Crippen LogP contribution in [-0.2, 0) is 21.4 Å². The van der Waals surface area contributed by atoms with Crippen LogP contribution in [-0.4, -0.2) is 27.4 Å². The summed E-state index contributed by atoms with van der Waals surface area (Å²) in [5.74, 6) is 0.435. The van der Waals surface area contributed by atoms with Gasteiger partial charge in [0.2, 0.25) is 15.9 Å². The van der Waals surface area contributed by atoms with E-state index in [0.717, 1.165) is 31.5 Å². The number of halogens is 1. The maximum Gasteiger partial charge on any atom is 0.238 e. The Bertz CT molecular complexity index is 601. The number of hydrogen-bond acceptors (Lipinski definition) is 4. The van der Waals surface area contributed by atoms with Crippen LogP contribution in [0.25, 0.3) is 0 Å². The van der Waals surface area contributed by atoms with Crippen molar-refractivity contribution < 1.29 is 13.2 Å². The lowest BCUT2D eigenvalue weighted by Gasteiger charge is -2.21. The Morgan fingerprint density at radius 3 is 2.64 bits per heavy atom. The van der Waals surface area contributed by atoms with E-state index in [-0.39, 0.29) is 23.2 Å². The number of amides is 1. The topological polar surface area (TPSA) is 101 Å². The molecule has 0 aromatic heterocycles. The molecule has 1 fully saturated rings. The molecule has 1 heterocycles. The molecule has 124 valence electrons. The molecule has 0 radical (unpaired) electrons. The van der Waals surface area contributed by atoms with E-state index in [0.29, 0.717) is 18.9 Å². The van der Waals surface area contributed by atoms with Crippen LogP contribution in [0.5, 0.6) is 0 Å². The van der Waals surface area contributed by atoms with Gasteiger partial charge in [-0.05, 0) is 49.5 Å². The van der Waals surface area contributed by atoms with E-state index in [1.54, 1.807) is 12.1 Å². The lowest BCUT2D eigenvalue weighted by molar-refractivity contribution is -0.122. The average molecular weight is 348 g/mol. The summed E-state index contributed by atoms with van der Waals surface area (Å²) in [6, 6.07) is 6.31. The van der Waals surface area contributed by atoms with Crippen LogP contribution in [0.4, 0.5) is 0 Å². The van der Waals surface area contributed by atoms with Gasteiger partial charge in [-0.3, -0.25) is 4.79 Å². The number of nitrogens with two attached hydrogens (primary N) is 1. The molecule has 6 nitrogen and oxygen atoms in total. The molecule has 0 saturated carbocycles. The van der Waals surface area contributed by atoms with E-state index >= 15 is 0 Å². The molecule has 1 saturated heterocycles. The number of hydrogen-bond donors (Lipinski definition) is 3. The van der Waals surface area contributed by atoms with Crippen molar-refractivity contribution in [2.75, 3.05) is 13.1 Å². The molecule has 0 bridgehead atoms. The maximum atomic E-state index is 11.9. The van der Waals surface area contributed by atoms with Gasteiger partial charge in [0.15, 0.2) is 0 Å². The highest BCUT2D eigenvalue weighted by molar-refractivity contribution is 7.89. The normalized spacial score (nSPS) is 15.9. The van der Waals surface area contributed by atoms with Crippen molar-refractivity contribution in [1.29, 1.82) is 0 Å². The monoisotopic (exact) mass is 347 g/mol. The zero-order valence-electron chi connectivity index (χ0n) is 12.2. The fraction of sp³-hybridized carbons (Fsp3) is 0.500. The highest BCUT2D eigenvalue weighted by Gasteiger charge is 2.16. The fourth-order valence-corrected chi connectivity index (χ4v) is 3.04. The zero-order valence-corrected chi connectivity index (χ0v) is 13.9. The first-order chi connectivity index (χ1) is 9.95. The smallest absolute Gasteiger partial charge is 0.238 e. The van der Waals surface area contributed by atoms with Crippen molar-refractivity contribution in [2.24, 2.45) is 11.1 Å². The summed E-state index contributed by atoms with van der Waals surface area (Å²) in [6.07, 6.45) is 2.57. The van der Waals surface area contributed by atoms with Crippen LogP contribution in [0.3, 0.4) is 0 Å². The van der Waals surface area contributed by atoms with E-state index in [2.05, 4.69) is 10.6 Å². The van der Waals surface area contributed by atoms with Gasteiger partial charge in [-0.2, -0.15) is 0 Å². The first-order valence-electron chi connectivity index (χ1n) is 7.04. The van der Waals surface area contributed by atoms with Gasteiger partial charge in [-0.25, -0.2) is 13.6 Å². The lowest BCUT2D eigenvalue weighted by Crippen LogP contribution is -2.32. The van der Waals surface area contributed by atoms with Crippen LogP contribution >= 0.6 is 12.4 Å². The molecule has 0 unspecified atom stereocenters. The minimum atomic E-state index is -3.71. The van der Waals surface area contributed by atoms with Crippen LogP contribution in [0.15, 0.2) is 29.2 Å². The summed E-state index contributed by atoms with van der Waals surface area (Å²) < 4.78 is 22.5. The van der Waals surface area contributed by atoms with Gasteiger partial charge in [-0.15, -0.1) is 12.4 Å². The molecule has 1 aromatic carbocycles. The Labute approximate surface area is 137 Å². The lowest BCUT2D eigenvalue weighted by atomic mass is 9.94. The third kappa shape index (κ3) is 5.92. The summed E-state index contributed by atoms with van der Waals surface area (Å²) >= 11 is 0. The predicted octanol–water partition coefficient (Wildman–Crippen LogP) is 0.762. The van der Waals surface area contributed by atoms with Gasteiger partial charge in [0, 0.05) is 13.0 Å². The number of nitrogens with one attached hydrogen (secondary N) is 2. The van der Waals surface area contributed by atoms with Gasteiger partial charge in [0.25, 0.3) is 0 Å². The van der Waals surface area contributed by atoms with Crippen molar-refractivity contribution in [3.8, 4) is 0 Å². The van der Waals surface area contributed by atoms with Gasteiger partial charge in [0.1, 0.15) is 0 Å². The molecule has 2 rings (SSSR count). The molecule has 4 N–H and O–H groups in total. The summed E-state index contributed by atoms with van der Waals surface area (Å²) in [7, 11) is -3.71. The van der Waals surface area contributed by atoms with Gasteiger partial charge in [0.05, 0.1) is 4.90 Å². The van der Waals surface area contributed by atoms with Crippen LogP contribution in [0.1, 0.15) is 24.8 Å². The Kier molecular flexibility index (Phi) is 7.28. The van der Waals surface area contributed by atoms with Crippen LogP contribution in [0.2, 0.25) is 0 Å². The van der Waals surface area contributed by atoms with E-state index in [1.165, 1.54) is 12.1 Å². The molecule has 22 heavy (non-hydrogen) atoms. The van der Waals surface area contributed by atoms with E-state index < -0.39 is 10.0 Å². The van der Waals surface area contributed by atoms with E-state index in [9.17, 15) is 13.2 Å². The third-order valence-electron chi connectivity index (χ3n) is 3.65. The van der Waals surface area contributed by atoms with E-state index in [4.69, 9.17) is 5.14 Å². The van der Waals surface area contributed by atoms with Gasteiger partial charge < -0.3 is 10.6 Å². The summed E-state index contributed by atoms with van der Waals surface area (Å²) in [5, 5.41) is 11.2. The number of carbonyl (C=O) groups is 1. The number of benzene rings is 1. The molecular formula is C14H22ClN3O3S. The maximum absolute atomic E-state index is 11.9. The minimum Gasteiger partial charge on any atom is -0.352 e. The molecular weight excluding hydrogens is 326 g/mol. The quantitative estimate of drug-likeness (QED) is 0.732. The molecule has 8 heteroatoms. The molecule has 1 aromatic rings. The Hall–Kier alpha value is -1.15. The van der Waals surface area contributed by atoms with Crippen molar-refractivity contribution in [3.63, 3.8) is 0 Å². The first-order valence-corrected chi connectivity index (χ1v) is 8.59. The van der Waals surface area contributed by atoms with E-state index in [1.807, 2.05) is 0 Å². The van der Waals surface area contributed by atoms with Crippen LogP contribution in [0, 0.1) is 5.92 Å². The molecule has 0 atom stereocenters. The Morgan fingerprint density at radius 2 is 2.00 bits per heavy atom. The first kappa shape index (κ1) is 18.9. The number of carbonyl (C=O) groups excluding carboxylic acids is 1. The van der Waals surface area contributed by atoms with Gasteiger partial charge in [-0.1, -0.05) is 12.1 Å². The Balaban J connectivity index is 0.00000242. The van der Waals surface area contributed by atoms with Crippen molar-refractivity contribution >= 4 is 28.3 Å². The number of sulfonamides is 1. The third-order valence-corrected chi connectivity index (χ3v) is 4.56. The van der Waals surface area contributed by atoms with Crippen molar-refractivity contribution in [2.45, 2.75) is 30.7 Å². The SMILES string of the molecule is Cl.NS(=O)(=O)c1cccc(CNC(=O)CC2CCNCC2)c1. The molecule has 1 amide bonds. The summed E-state index contributed by atoms with van der Waals surface area (Å²) in [5.41, 5.74) is 0.722. The fourth-order valence-electron chi connectivity index (χ4n) is 2.45.